The smallest absolute Gasteiger partial charge is 0.406 e. The van der Waals surface area contributed by atoms with Crippen molar-refractivity contribution in [3.05, 3.63) is 54.0 Å². The normalized spacial score (nSPS) is 22.1. The van der Waals surface area contributed by atoms with Gasteiger partial charge in [-0.2, -0.15) is 0 Å². The molecule has 2 aromatic rings. The SMILES string of the molecule is [2H]c1c([2H])c(-c2ccc(CCC3CCC(CCC)CC3)cc2)c([2H])c([2H])c1OC(F)(F)F. The van der Waals surface area contributed by atoms with Gasteiger partial charge in [-0.3, -0.25) is 0 Å². The molecule has 0 bridgehead atoms. The van der Waals surface area contributed by atoms with Crippen LogP contribution < -0.4 is 4.74 Å². The molecule has 0 amide bonds. The highest BCUT2D eigenvalue weighted by atomic mass is 19.4. The maximum absolute atomic E-state index is 12.6. The third-order valence-electron chi connectivity index (χ3n) is 5.57. The molecule has 0 atom stereocenters. The Kier molecular flexibility index (Phi) is 5.39. The number of benzene rings is 2. The molecule has 0 heterocycles. The van der Waals surface area contributed by atoms with Crippen molar-refractivity contribution in [1.82, 2.24) is 0 Å². The fourth-order valence-corrected chi connectivity index (χ4v) is 4.04. The van der Waals surface area contributed by atoms with E-state index < -0.39 is 36.3 Å². The molecule has 2 aromatic carbocycles. The second-order valence-corrected chi connectivity index (χ2v) is 7.66. The molecule has 3 rings (SSSR count). The fourth-order valence-electron chi connectivity index (χ4n) is 4.04. The standard InChI is InChI=1S/C24H29F3O/c1-2-3-18-4-6-19(7-5-18)8-9-20-10-12-21(13-11-20)22-14-16-23(17-15-22)28-24(25,26)27/h10-19H,2-9H2,1H3/i14D,15D,16D,17D. The molecule has 4 heteroatoms. The van der Waals surface area contributed by atoms with Crippen LogP contribution in [-0.2, 0) is 6.42 Å². The van der Waals surface area contributed by atoms with Crippen molar-refractivity contribution in [2.45, 2.75) is 64.7 Å². The van der Waals surface area contributed by atoms with Gasteiger partial charge in [0.15, 0.2) is 0 Å². The van der Waals surface area contributed by atoms with Crippen LogP contribution in [0.4, 0.5) is 13.2 Å². The van der Waals surface area contributed by atoms with Crippen molar-refractivity contribution in [2.75, 3.05) is 0 Å². The predicted molar refractivity (Wildman–Crippen MR) is 107 cm³/mol. The summed E-state index contributed by atoms with van der Waals surface area (Å²) in [7, 11) is 0. The Balaban J connectivity index is 1.71. The molecule has 1 aliphatic rings. The van der Waals surface area contributed by atoms with E-state index in [1.165, 1.54) is 38.5 Å². The minimum atomic E-state index is -5.09. The van der Waals surface area contributed by atoms with E-state index in [4.69, 9.17) is 5.48 Å². The van der Waals surface area contributed by atoms with Gasteiger partial charge >= 0.3 is 6.36 Å². The lowest BCUT2D eigenvalue weighted by molar-refractivity contribution is -0.274. The van der Waals surface area contributed by atoms with Crippen LogP contribution in [0, 0.1) is 11.8 Å². The Labute approximate surface area is 171 Å². The number of hydrogen-bond acceptors (Lipinski definition) is 1. The van der Waals surface area contributed by atoms with Gasteiger partial charge in [-0.15, -0.1) is 13.2 Å². The quantitative estimate of drug-likeness (QED) is 0.466. The molecular weight excluding hydrogens is 361 g/mol. The summed E-state index contributed by atoms with van der Waals surface area (Å²) < 4.78 is 73.4. The van der Waals surface area contributed by atoms with Crippen molar-refractivity contribution < 1.29 is 23.4 Å². The summed E-state index contributed by atoms with van der Waals surface area (Å²) in [5.41, 5.74) is 1.52. The van der Waals surface area contributed by atoms with Crippen LogP contribution >= 0.6 is 0 Å². The average Bonchev–Trinajstić information content (AvgIpc) is 2.75. The third kappa shape index (κ3) is 6.29. The molecular formula is C24H29F3O. The number of rotatable bonds is 7. The molecule has 0 radical (unpaired) electrons. The van der Waals surface area contributed by atoms with Gasteiger partial charge in [0.05, 0.1) is 5.48 Å². The number of alkyl halides is 3. The van der Waals surface area contributed by atoms with Crippen LogP contribution in [0.15, 0.2) is 48.4 Å². The highest BCUT2D eigenvalue weighted by Gasteiger charge is 2.31. The van der Waals surface area contributed by atoms with Crippen LogP contribution in [0.25, 0.3) is 11.1 Å². The maximum Gasteiger partial charge on any atom is 0.573 e. The van der Waals surface area contributed by atoms with Gasteiger partial charge in [0.2, 0.25) is 0 Å². The Morgan fingerprint density at radius 3 is 2.00 bits per heavy atom. The van der Waals surface area contributed by atoms with Gasteiger partial charge in [0, 0.05) is 0 Å². The molecule has 0 N–H and O–H groups in total. The molecule has 28 heavy (non-hydrogen) atoms. The molecule has 1 aliphatic carbocycles. The number of halogens is 3. The number of hydrogen-bond donors (Lipinski definition) is 0. The first-order valence-corrected chi connectivity index (χ1v) is 10.1. The Bertz CT molecular complexity index is 891. The second kappa shape index (κ2) is 9.49. The van der Waals surface area contributed by atoms with Gasteiger partial charge in [-0.1, -0.05) is 81.8 Å². The van der Waals surface area contributed by atoms with Gasteiger partial charge in [0.1, 0.15) is 5.75 Å². The lowest BCUT2D eigenvalue weighted by Crippen LogP contribution is -2.16. The van der Waals surface area contributed by atoms with E-state index in [9.17, 15) is 13.2 Å². The molecule has 0 aliphatic heterocycles. The van der Waals surface area contributed by atoms with Gasteiger partial charge < -0.3 is 4.74 Å². The molecule has 1 fully saturated rings. The van der Waals surface area contributed by atoms with Crippen molar-refractivity contribution >= 4 is 0 Å². The van der Waals surface area contributed by atoms with E-state index in [2.05, 4.69) is 11.7 Å². The summed E-state index contributed by atoms with van der Waals surface area (Å²) in [5.74, 6) is 0.507. The lowest BCUT2D eigenvalue weighted by atomic mass is 9.78. The first-order valence-electron chi connectivity index (χ1n) is 12.1. The zero-order chi connectivity index (χ0) is 23.5. The van der Waals surface area contributed by atoms with E-state index in [0.717, 1.165) is 30.2 Å². The lowest BCUT2D eigenvalue weighted by Gasteiger charge is -2.28. The Hall–Kier alpha value is -1.97. The van der Waals surface area contributed by atoms with Crippen LogP contribution in [-0.4, -0.2) is 6.36 Å². The van der Waals surface area contributed by atoms with Gasteiger partial charge in [-0.05, 0) is 53.5 Å². The summed E-state index contributed by atoms with van der Waals surface area (Å²) in [6, 6.07) is 4.41. The fraction of sp³-hybridized carbons (Fsp3) is 0.500. The highest BCUT2D eigenvalue weighted by Crippen LogP contribution is 2.34. The topological polar surface area (TPSA) is 9.23 Å². The third-order valence-corrected chi connectivity index (χ3v) is 5.57. The first-order chi connectivity index (χ1) is 15.1. The van der Waals surface area contributed by atoms with Gasteiger partial charge in [0.25, 0.3) is 0 Å². The molecule has 0 spiro atoms. The molecule has 1 nitrogen and oxygen atoms in total. The summed E-state index contributed by atoms with van der Waals surface area (Å²) in [6.45, 7) is 2.24. The zero-order valence-corrected chi connectivity index (χ0v) is 16.2. The predicted octanol–water partition coefficient (Wildman–Crippen LogP) is 7.79. The van der Waals surface area contributed by atoms with E-state index in [1.807, 2.05) is 12.1 Å². The van der Waals surface area contributed by atoms with Crippen LogP contribution in [0.2, 0.25) is 0 Å². The van der Waals surface area contributed by atoms with Crippen molar-refractivity contribution in [3.8, 4) is 16.9 Å². The van der Waals surface area contributed by atoms with E-state index in [-0.39, 0.29) is 5.56 Å². The van der Waals surface area contributed by atoms with Crippen molar-refractivity contribution in [3.63, 3.8) is 0 Å². The number of ether oxygens (including phenoxy) is 1. The Morgan fingerprint density at radius 1 is 0.893 bits per heavy atom. The monoisotopic (exact) mass is 394 g/mol. The molecule has 152 valence electrons. The molecule has 1 saturated carbocycles. The summed E-state index contributed by atoms with van der Waals surface area (Å²) in [6.07, 6.45) is 4.71. The molecule has 0 aromatic heterocycles. The van der Waals surface area contributed by atoms with E-state index in [1.54, 1.807) is 12.1 Å². The van der Waals surface area contributed by atoms with E-state index in [0.29, 0.717) is 5.56 Å². The van der Waals surface area contributed by atoms with Crippen LogP contribution in [0.5, 0.6) is 5.75 Å². The molecule has 0 unspecified atom stereocenters. The van der Waals surface area contributed by atoms with Crippen molar-refractivity contribution in [2.24, 2.45) is 11.8 Å². The molecule has 0 saturated heterocycles. The average molecular weight is 395 g/mol. The first kappa shape index (κ1) is 15.9. The second-order valence-electron chi connectivity index (χ2n) is 7.66. The summed E-state index contributed by atoms with van der Waals surface area (Å²) >= 11 is 0. The Morgan fingerprint density at radius 2 is 1.46 bits per heavy atom. The summed E-state index contributed by atoms with van der Waals surface area (Å²) in [5, 5.41) is 0. The minimum Gasteiger partial charge on any atom is -0.406 e. The van der Waals surface area contributed by atoms with E-state index >= 15 is 0 Å². The van der Waals surface area contributed by atoms with Gasteiger partial charge in [-0.25, -0.2) is 0 Å². The zero-order valence-electron chi connectivity index (χ0n) is 20.2. The number of aryl methyl sites for hydroxylation is 1. The highest BCUT2D eigenvalue weighted by molar-refractivity contribution is 5.64. The summed E-state index contributed by atoms with van der Waals surface area (Å²) in [4.78, 5) is 0. The maximum atomic E-state index is 12.6. The van der Waals surface area contributed by atoms with Crippen LogP contribution in [0.1, 0.15) is 62.9 Å². The largest absolute Gasteiger partial charge is 0.573 e. The van der Waals surface area contributed by atoms with Crippen molar-refractivity contribution in [1.29, 1.82) is 0 Å². The minimum absolute atomic E-state index is 0.0321. The van der Waals surface area contributed by atoms with Crippen LogP contribution in [0.3, 0.4) is 0 Å².